The van der Waals surface area contributed by atoms with Crippen molar-refractivity contribution in [2.45, 2.75) is 26.2 Å². The lowest BCUT2D eigenvalue weighted by Gasteiger charge is -2.22. The summed E-state index contributed by atoms with van der Waals surface area (Å²) in [6.45, 7) is 11.6. The average molecular weight is 719 g/mol. The van der Waals surface area contributed by atoms with Crippen LogP contribution in [0.15, 0.2) is 158 Å². The van der Waals surface area contributed by atoms with Gasteiger partial charge in [-0.05, 0) is 76.0 Å². The summed E-state index contributed by atoms with van der Waals surface area (Å²) in [5.74, 6) is 0.598. The standard InChI is InChI=1S/C52H38N4/c1-5-33-16-6-7-17-36(33)49-32(2)55(48-31-35(27-29-42(48)49)56-46-24-14-10-19-39(46)40-20-11-15-25-47(40)56)51-53-45-23-13-9-21-41(45)50(54-51)34-26-28-38-37-18-8-12-22-43(37)52(3,4)44(38)30-34/h5-31H,2H2,1,3-4H3/b33-5-,49-36+. The summed E-state index contributed by atoms with van der Waals surface area (Å²) in [5, 5.41) is 8.80. The molecule has 0 saturated heterocycles. The van der Waals surface area contributed by atoms with Crippen LogP contribution in [0, 0.1) is 10.4 Å². The predicted octanol–water partition coefficient (Wildman–Crippen LogP) is 11.1. The second-order valence-corrected chi connectivity index (χ2v) is 15.4. The van der Waals surface area contributed by atoms with Gasteiger partial charge >= 0.3 is 0 Å². The molecule has 3 heterocycles. The number of para-hydroxylation sites is 3. The Labute approximate surface area is 324 Å². The summed E-state index contributed by atoms with van der Waals surface area (Å²) in [6, 6.07) is 56.7. The van der Waals surface area contributed by atoms with Crippen molar-refractivity contribution in [3.05, 3.63) is 190 Å². The first-order chi connectivity index (χ1) is 27.4. The fraction of sp³-hybridized carbons (Fsp3) is 0.0769. The zero-order chi connectivity index (χ0) is 37.7. The number of hydrogen-bond donors (Lipinski definition) is 0. The number of rotatable bonds is 3. The first kappa shape index (κ1) is 32.4. The first-order valence-corrected chi connectivity index (χ1v) is 19.3. The van der Waals surface area contributed by atoms with Crippen LogP contribution in [-0.4, -0.2) is 19.1 Å². The van der Waals surface area contributed by atoms with E-state index in [4.69, 9.17) is 16.5 Å². The molecular weight excluding hydrogens is 681 g/mol. The molecule has 0 N–H and O–H groups in total. The molecule has 4 nitrogen and oxygen atoms in total. The van der Waals surface area contributed by atoms with Crippen molar-refractivity contribution in [3.63, 3.8) is 0 Å². The van der Waals surface area contributed by atoms with Gasteiger partial charge in [0, 0.05) is 43.4 Å². The summed E-state index contributed by atoms with van der Waals surface area (Å²) < 4.78 is 4.55. The first-order valence-electron chi connectivity index (χ1n) is 19.3. The van der Waals surface area contributed by atoms with Gasteiger partial charge in [-0.2, -0.15) is 0 Å². The fourth-order valence-electron chi connectivity index (χ4n) is 9.41. The van der Waals surface area contributed by atoms with Gasteiger partial charge in [-0.15, -0.1) is 0 Å². The second-order valence-electron chi connectivity index (χ2n) is 15.4. The van der Waals surface area contributed by atoms with E-state index in [1.54, 1.807) is 0 Å². The molecule has 0 bridgehead atoms. The topological polar surface area (TPSA) is 35.6 Å². The summed E-state index contributed by atoms with van der Waals surface area (Å²) in [5.41, 5.74) is 12.4. The third-order valence-electron chi connectivity index (χ3n) is 12.1. The third kappa shape index (κ3) is 4.53. The molecule has 0 saturated carbocycles. The quantitative estimate of drug-likeness (QED) is 0.182. The van der Waals surface area contributed by atoms with E-state index in [0.717, 1.165) is 70.8 Å². The third-order valence-corrected chi connectivity index (χ3v) is 12.1. The average Bonchev–Trinajstić information content (AvgIpc) is 3.81. The minimum absolute atomic E-state index is 0.132. The summed E-state index contributed by atoms with van der Waals surface area (Å²) in [7, 11) is 0. The molecule has 0 aliphatic heterocycles. The van der Waals surface area contributed by atoms with Crippen LogP contribution < -0.4 is 10.6 Å². The van der Waals surface area contributed by atoms with Gasteiger partial charge in [0.2, 0.25) is 5.95 Å². The van der Waals surface area contributed by atoms with Crippen LogP contribution in [0.5, 0.6) is 0 Å². The monoisotopic (exact) mass is 718 g/mol. The van der Waals surface area contributed by atoms with Crippen molar-refractivity contribution in [2.24, 2.45) is 0 Å². The Morgan fingerprint density at radius 2 is 1.21 bits per heavy atom. The highest BCUT2D eigenvalue weighted by molar-refractivity contribution is 6.09. The molecule has 11 rings (SSSR count). The van der Waals surface area contributed by atoms with Gasteiger partial charge in [0.05, 0.1) is 33.1 Å². The number of benzene rings is 7. The molecule has 0 unspecified atom stereocenters. The minimum Gasteiger partial charge on any atom is -0.309 e. The van der Waals surface area contributed by atoms with Gasteiger partial charge < -0.3 is 4.57 Å². The van der Waals surface area contributed by atoms with Gasteiger partial charge in [0.25, 0.3) is 0 Å². The highest BCUT2D eigenvalue weighted by atomic mass is 15.2. The van der Waals surface area contributed by atoms with Crippen molar-refractivity contribution in [1.82, 2.24) is 19.1 Å². The molecule has 0 spiro atoms. The largest absolute Gasteiger partial charge is 0.309 e. The molecule has 56 heavy (non-hydrogen) atoms. The van der Waals surface area contributed by atoms with Crippen molar-refractivity contribution >= 4 is 56.3 Å². The smallest absolute Gasteiger partial charge is 0.235 e. The van der Waals surface area contributed by atoms with Crippen LogP contribution in [0.4, 0.5) is 0 Å². The van der Waals surface area contributed by atoms with Gasteiger partial charge in [0.15, 0.2) is 0 Å². The Hall–Kier alpha value is -7.04. The van der Waals surface area contributed by atoms with Crippen molar-refractivity contribution in [2.75, 3.05) is 0 Å². The zero-order valence-corrected chi connectivity index (χ0v) is 31.6. The van der Waals surface area contributed by atoms with Gasteiger partial charge in [-0.1, -0.05) is 148 Å². The van der Waals surface area contributed by atoms with Crippen LogP contribution >= 0.6 is 0 Å². The number of nitrogens with zero attached hydrogens (tertiary/aromatic N) is 4. The minimum atomic E-state index is -0.132. The Bertz CT molecular complexity index is 3440. The Balaban J connectivity index is 1.23. The normalized spacial score (nSPS) is 14.2. The van der Waals surface area contributed by atoms with E-state index < -0.39 is 0 Å². The molecule has 4 heteroatoms. The lowest BCUT2D eigenvalue weighted by molar-refractivity contribution is 0.660. The maximum Gasteiger partial charge on any atom is 0.235 e. The van der Waals surface area contributed by atoms with Crippen LogP contribution in [0.2, 0.25) is 0 Å². The zero-order valence-electron chi connectivity index (χ0n) is 31.6. The Morgan fingerprint density at radius 3 is 2.00 bits per heavy atom. The summed E-state index contributed by atoms with van der Waals surface area (Å²) in [4.78, 5) is 10.8. The predicted molar refractivity (Wildman–Crippen MR) is 233 cm³/mol. The van der Waals surface area contributed by atoms with E-state index in [0.29, 0.717) is 5.95 Å². The Morgan fingerprint density at radius 1 is 0.554 bits per heavy atom. The van der Waals surface area contributed by atoms with E-state index in [1.807, 2.05) is 0 Å². The van der Waals surface area contributed by atoms with Gasteiger partial charge in [-0.25, -0.2) is 9.97 Å². The van der Waals surface area contributed by atoms with E-state index in [-0.39, 0.29) is 5.41 Å². The molecule has 1 aliphatic rings. The lowest BCUT2D eigenvalue weighted by Crippen LogP contribution is -2.18. The number of hydrogen-bond acceptors (Lipinski definition) is 2. The maximum absolute atomic E-state index is 5.51. The highest BCUT2D eigenvalue weighted by Crippen LogP contribution is 2.49. The summed E-state index contributed by atoms with van der Waals surface area (Å²) >= 11 is 0. The molecule has 10 aromatic rings. The van der Waals surface area contributed by atoms with E-state index >= 15 is 0 Å². The maximum atomic E-state index is 5.51. The van der Waals surface area contributed by atoms with Crippen molar-refractivity contribution < 1.29 is 0 Å². The molecule has 3 aromatic heterocycles. The van der Waals surface area contributed by atoms with Crippen molar-refractivity contribution in [3.8, 4) is 34.0 Å². The molecule has 0 fully saturated rings. The lowest BCUT2D eigenvalue weighted by atomic mass is 9.82. The van der Waals surface area contributed by atoms with Crippen LogP contribution in [0.3, 0.4) is 0 Å². The van der Waals surface area contributed by atoms with E-state index in [9.17, 15) is 0 Å². The molecular formula is C52H38N4. The van der Waals surface area contributed by atoms with Crippen molar-refractivity contribution in [1.29, 1.82) is 0 Å². The molecule has 0 radical (unpaired) electrons. The van der Waals surface area contributed by atoms with Crippen LogP contribution in [0.25, 0.3) is 90.3 Å². The molecule has 1 aliphatic carbocycles. The second kappa shape index (κ2) is 12.0. The number of aromatic nitrogens is 4. The van der Waals surface area contributed by atoms with Crippen LogP contribution in [-0.2, 0) is 5.41 Å². The molecule has 0 amide bonds. The van der Waals surface area contributed by atoms with E-state index in [2.05, 4.69) is 194 Å². The summed E-state index contributed by atoms with van der Waals surface area (Å²) in [6.07, 6.45) is 2.17. The fourth-order valence-corrected chi connectivity index (χ4v) is 9.41. The Kier molecular flexibility index (Phi) is 6.93. The van der Waals surface area contributed by atoms with Crippen LogP contribution in [0.1, 0.15) is 31.9 Å². The van der Waals surface area contributed by atoms with Gasteiger partial charge in [0.1, 0.15) is 0 Å². The molecule has 266 valence electrons. The molecule has 7 aromatic carbocycles. The highest BCUT2D eigenvalue weighted by Gasteiger charge is 2.35. The van der Waals surface area contributed by atoms with E-state index in [1.165, 1.54) is 33.0 Å². The van der Waals surface area contributed by atoms with Gasteiger partial charge in [-0.3, -0.25) is 4.57 Å². The SMILES string of the molecule is C=c1/c(=c2/cccc/c2=C/C)c2ccc(-n3c4ccccc4c4ccccc43)cc2n1-c1nc(-c2ccc3c(c2)C(C)(C)c2ccccc2-3)c2ccccc2n1. The number of fused-ring (bicyclic) bond motifs is 8. The molecule has 0 atom stereocenters.